The van der Waals surface area contributed by atoms with Crippen molar-refractivity contribution in [3.8, 4) is 0 Å². The molecule has 1 amide bonds. The second kappa shape index (κ2) is 8.92. The van der Waals surface area contributed by atoms with Crippen LogP contribution < -0.4 is 5.32 Å². The molecule has 1 heterocycles. The number of pyridine rings is 1. The number of aliphatic hydroxyl groups excluding tert-OH is 1. The number of amides is 1. The van der Waals surface area contributed by atoms with Crippen LogP contribution in [0.15, 0.2) is 16.7 Å². The Morgan fingerprint density at radius 1 is 1.40 bits per heavy atom. The van der Waals surface area contributed by atoms with Gasteiger partial charge in [-0.15, -0.1) is 0 Å². The van der Waals surface area contributed by atoms with Crippen molar-refractivity contribution in [3.05, 3.63) is 22.3 Å². The smallest absolute Gasteiger partial charge is 0.257 e. The zero-order valence-electron chi connectivity index (χ0n) is 12.0. The van der Waals surface area contributed by atoms with Gasteiger partial charge in [0, 0.05) is 30.3 Å². The Balaban J connectivity index is 3.01. The van der Waals surface area contributed by atoms with Gasteiger partial charge in [-0.3, -0.25) is 4.79 Å². The third kappa shape index (κ3) is 4.76. The summed E-state index contributed by atoms with van der Waals surface area (Å²) < 4.78 is 0.767. The minimum Gasteiger partial charge on any atom is -0.395 e. The van der Waals surface area contributed by atoms with Gasteiger partial charge in [-0.1, -0.05) is 13.8 Å². The molecule has 0 radical (unpaired) electrons. The maximum absolute atomic E-state index is 12.6. The highest BCUT2D eigenvalue weighted by atomic mass is 79.9. The van der Waals surface area contributed by atoms with E-state index in [9.17, 15) is 4.79 Å². The molecular weight excluding hydrogens is 322 g/mol. The number of hydrogen-bond donors (Lipinski definition) is 2. The first-order chi connectivity index (χ1) is 9.63. The summed E-state index contributed by atoms with van der Waals surface area (Å²) in [5, 5.41) is 12.3. The van der Waals surface area contributed by atoms with Crippen LogP contribution >= 0.6 is 15.9 Å². The van der Waals surface area contributed by atoms with Gasteiger partial charge in [0.05, 0.1) is 12.2 Å². The van der Waals surface area contributed by atoms with E-state index in [1.807, 2.05) is 6.92 Å². The topological polar surface area (TPSA) is 65.5 Å². The number of aromatic nitrogens is 1. The number of nitrogens with zero attached hydrogens (tertiary/aromatic N) is 2. The van der Waals surface area contributed by atoms with Crippen molar-refractivity contribution < 1.29 is 9.90 Å². The van der Waals surface area contributed by atoms with E-state index in [1.54, 1.807) is 17.2 Å². The molecule has 0 bridgehead atoms. The van der Waals surface area contributed by atoms with Gasteiger partial charge < -0.3 is 15.3 Å². The molecule has 0 saturated carbocycles. The molecule has 20 heavy (non-hydrogen) atoms. The first kappa shape index (κ1) is 16.9. The second-order valence-electron chi connectivity index (χ2n) is 4.49. The monoisotopic (exact) mass is 343 g/mol. The fourth-order valence-corrected chi connectivity index (χ4v) is 2.19. The summed E-state index contributed by atoms with van der Waals surface area (Å²) in [7, 11) is 0. The first-order valence-corrected chi connectivity index (χ1v) is 7.72. The Hall–Kier alpha value is -1.14. The van der Waals surface area contributed by atoms with Crippen LogP contribution in [0.25, 0.3) is 0 Å². The Morgan fingerprint density at radius 2 is 2.15 bits per heavy atom. The fraction of sp³-hybridized carbons (Fsp3) is 0.571. The average Bonchev–Trinajstić information content (AvgIpc) is 2.45. The molecule has 6 heteroatoms. The lowest BCUT2D eigenvalue weighted by Crippen LogP contribution is -2.34. The summed E-state index contributed by atoms with van der Waals surface area (Å²) in [5.41, 5.74) is 0.537. The lowest BCUT2D eigenvalue weighted by Gasteiger charge is -2.22. The van der Waals surface area contributed by atoms with Gasteiger partial charge in [0.2, 0.25) is 0 Å². The molecule has 0 aliphatic rings. The molecule has 0 unspecified atom stereocenters. The molecule has 0 atom stereocenters. The second-order valence-corrected chi connectivity index (χ2v) is 5.41. The van der Waals surface area contributed by atoms with Gasteiger partial charge in [-0.05, 0) is 34.8 Å². The number of carbonyl (C=O) groups is 1. The zero-order chi connectivity index (χ0) is 15.0. The highest BCUT2D eigenvalue weighted by Gasteiger charge is 2.19. The molecule has 2 N–H and O–H groups in total. The summed E-state index contributed by atoms with van der Waals surface area (Å²) in [5.74, 6) is 0.493. The molecular formula is C14H22BrN3O2. The molecule has 112 valence electrons. The summed E-state index contributed by atoms with van der Waals surface area (Å²) in [6.07, 6.45) is 3.48. The van der Waals surface area contributed by atoms with Crippen LogP contribution in [0.2, 0.25) is 0 Å². The highest BCUT2D eigenvalue weighted by molar-refractivity contribution is 9.10. The van der Waals surface area contributed by atoms with Gasteiger partial charge in [0.25, 0.3) is 5.91 Å². The number of aliphatic hydroxyl groups is 1. The van der Waals surface area contributed by atoms with Crippen molar-refractivity contribution in [1.82, 2.24) is 9.88 Å². The van der Waals surface area contributed by atoms with E-state index in [-0.39, 0.29) is 12.5 Å². The van der Waals surface area contributed by atoms with Gasteiger partial charge in [0.1, 0.15) is 5.82 Å². The molecule has 0 aliphatic carbocycles. The van der Waals surface area contributed by atoms with Crippen LogP contribution in [0.4, 0.5) is 5.82 Å². The molecule has 5 nitrogen and oxygen atoms in total. The predicted octanol–water partition coefficient (Wildman–Crippen LogP) is 2.51. The van der Waals surface area contributed by atoms with Crippen LogP contribution in [0.3, 0.4) is 0 Å². The molecule has 0 fully saturated rings. The Morgan fingerprint density at radius 3 is 2.75 bits per heavy atom. The van der Waals surface area contributed by atoms with E-state index in [1.165, 1.54) is 0 Å². The number of carbonyl (C=O) groups excluding carboxylic acids is 1. The van der Waals surface area contributed by atoms with Crippen molar-refractivity contribution in [3.63, 3.8) is 0 Å². The SMILES string of the molecule is CCCNc1ncc(Br)cc1C(=O)N(CCC)CCO. The van der Waals surface area contributed by atoms with Crippen molar-refractivity contribution >= 4 is 27.7 Å². The largest absolute Gasteiger partial charge is 0.395 e. The Bertz CT molecular complexity index is 434. The normalized spacial score (nSPS) is 10.4. The van der Waals surface area contributed by atoms with Crippen LogP contribution in [0, 0.1) is 0 Å². The van der Waals surface area contributed by atoms with Gasteiger partial charge in [-0.2, -0.15) is 0 Å². The van der Waals surface area contributed by atoms with Gasteiger partial charge in [0.15, 0.2) is 0 Å². The number of hydrogen-bond acceptors (Lipinski definition) is 4. The predicted molar refractivity (Wildman–Crippen MR) is 84.0 cm³/mol. The molecule has 0 aliphatic heterocycles. The maximum Gasteiger partial charge on any atom is 0.257 e. The third-order valence-electron chi connectivity index (χ3n) is 2.78. The molecule has 0 saturated heterocycles. The minimum atomic E-state index is -0.103. The van der Waals surface area contributed by atoms with E-state index < -0.39 is 0 Å². The van der Waals surface area contributed by atoms with Crippen LogP contribution in [-0.2, 0) is 0 Å². The van der Waals surface area contributed by atoms with Crippen molar-refractivity contribution in [2.45, 2.75) is 26.7 Å². The molecule has 1 rings (SSSR count). The number of halogens is 1. The lowest BCUT2D eigenvalue weighted by atomic mass is 10.2. The van der Waals surface area contributed by atoms with Crippen LogP contribution in [-0.4, -0.2) is 47.1 Å². The lowest BCUT2D eigenvalue weighted by molar-refractivity contribution is 0.0722. The van der Waals surface area contributed by atoms with Crippen molar-refractivity contribution in [2.75, 3.05) is 31.6 Å². The van der Waals surface area contributed by atoms with E-state index in [4.69, 9.17) is 5.11 Å². The zero-order valence-corrected chi connectivity index (χ0v) is 13.6. The first-order valence-electron chi connectivity index (χ1n) is 6.93. The van der Waals surface area contributed by atoms with E-state index in [2.05, 4.69) is 33.2 Å². The molecule has 1 aromatic rings. The maximum atomic E-state index is 12.6. The molecule has 0 aromatic carbocycles. The molecule has 0 spiro atoms. The van der Waals surface area contributed by atoms with Gasteiger partial charge in [-0.25, -0.2) is 4.98 Å². The van der Waals surface area contributed by atoms with E-state index >= 15 is 0 Å². The third-order valence-corrected chi connectivity index (χ3v) is 3.21. The quantitative estimate of drug-likeness (QED) is 0.761. The average molecular weight is 344 g/mol. The Kier molecular flexibility index (Phi) is 7.54. The van der Waals surface area contributed by atoms with Crippen LogP contribution in [0.5, 0.6) is 0 Å². The summed E-state index contributed by atoms with van der Waals surface area (Å²) in [6.45, 7) is 5.76. The number of anilines is 1. The van der Waals surface area contributed by atoms with E-state index in [0.717, 1.165) is 23.9 Å². The summed E-state index contributed by atoms with van der Waals surface area (Å²) in [4.78, 5) is 18.5. The number of nitrogens with one attached hydrogen (secondary N) is 1. The summed E-state index contributed by atoms with van der Waals surface area (Å²) >= 11 is 3.35. The summed E-state index contributed by atoms with van der Waals surface area (Å²) in [6, 6.07) is 1.77. The fourth-order valence-electron chi connectivity index (χ4n) is 1.86. The van der Waals surface area contributed by atoms with Crippen LogP contribution in [0.1, 0.15) is 37.0 Å². The van der Waals surface area contributed by atoms with Gasteiger partial charge >= 0.3 is 0 Å². The van der Waals surface area contributed by atoms with Crippen molar-refractivity contribution in [2.24, 2.45) is 0 Å². The van der Waals surface area contributed by atoms with E-state index in [0.29, 0.717) is 24.5 Å². The minimum absolute atomic E-state index is 0.0368. The highest BCUT2D eigenvalue weighted by Crippen LogP contribution is 2.20. The standard InChI is InChI=1S/C14H22BrN3O2/c1-3-5-16-13-12(9-11(15)10-17-13)14(20)18(6-4-2)7-8-19/h9-10,19H,3-8H2,1-2H3,(H,16,17). The van der Waals surface area contributed by atoms with Crippen molar-refractivity contribution in [1.29, 1.82) is 0 Å². The number of rotatable bonds is 8. The molecule has 1 aromatic heterocycles. The Labute approximate surface area is 128 Å².